The molecule has 2 fully saturated rings. The van der Waals surface area contributed by atoms with E-state index in [1.54, 1.807) is 19.0 Å². The van der Waals surface area contributed by atoms with Gasteiger partial charge in [0, 0.05) is 27.2 Å². The van der Waals surface area contributed by atoms with E-state index in [1.807, 2.05) is 11.9 Å². The zero-order chi connectivity index (χ0) is 16.3. The summed E-state index contributed by atoms with van der Waals surface area (Å²) in [7, 11) is 5.51. The van der Waals surface area contributed by atoms with Crippen LogP contribution in [0.3, 0.4) is 0 Å². The maximum absolute atomic E-state index is 12.6. The summed E-state index contributed by atoms with van der Waals surface area (Å²) in [6, 6.07) is 0.271. The fourth-order valence-electron chi connectivity index (χ4n) is 3.71. The molecule has 0 aromatic heterocycles. The number of hydrogen-bond donors (Lipinski definition) is 0. The van der Waals surface area contributed by atoms with E-state index in [2.05, 4.69) is 11.8 Å². The quantitative estimate of drug-likeness (QED) is 0.792. The number of carbonyl (C=O) groups excluding carboxylic acids is 2. The second-order valence-corrected chi connectivity index (χ2v) is 7.28. The molecule has 1 saturated carbocycles. The molecule has 0 aromatic rings. The third-order valence-electron chi connectivity index (χ3n) is 5.35. The molecular weight excluding hydrogens is 278 g/mol. The van der Waals surface area contributed by atoms with Crippen molar-refractivity contribution < 1.29 is 9.59 Å². The lowest BCUT2D eigenvalue weighted by molar-refractivity contribution is -0.137. The third kappa shape index (κ3) is 4.00. The van der Waals surface area contributed by atoms with Crippen LogP contribution in [-0.2, 0) is 9.59 Å². The van der Waals surface area contributed by atoms with Crippen LogP contribution in [0.4, 0.5) is 0 Å². The molecular formula is C17H31N3O2. The standard InChI is InChI=1S/C17H31N3O2/c1-13-7-9-14(10-8-13)19(4)16(21)12-20-11-5-6-15(20)17(22)18(2)3/h13-15H,5-12H2,1-4H3. The Balaban J connectivity index is 1.89. The van der Waals surface area contributed by atoms with Crippen molar-refractivity contribution in [3.63, 3.8) is 0 Å². The Morgan fingerprint density at radius 2 is 1.68 bits per heavy atom. The first-order valence-corrected chi connectivity index (χ1v) is 8.61. The Morgan fingerprint density at radius 3 is 2.27 bits per heavy atom. The molecule has 2 rings (SSSR count). The molecule has 1 unspecified atom stereocenters. The molecule has 22 heavy (non-hydrogen) atoms. The van der Waals surface area contributed by atoms with Crippen LogP contribution in [0.2, 0.25) is 0 Å². The fourth-order valence-corrected chi connectivity index (χ4v) is 3.71. The molecule has 1 aliphatic carbocycles. The van der Waals surface area contributed by atoms with Gasteiger partial charge in [-0.2, -0.15) is 0 Å². The number of rotatable bonds is 4. The zero-order valence-corrected chi connectivity index (χ0v) is 14.5. The normalized spacial score (nSPS) is 29.4. The summed E-state index contributed by atoms with van der Waals surface area (Å²) in [5.41, 5.74) is 0. The number of carbonyl (C=O) groups is 2. The first kappa shape index (κ1) is 17.3. The number of amides is 2. The number of hydrogen-bond acceptors (Lipinski definition) is 3. The Labute approximate surface area is 134 Å². The van der Waals surface area contributed by atoms with Gasteiger partial charge in [-0.05, 0) is 51.0 Å². The Hall–Kier alpha value is -1.10. The van der Waals surface area contributed by atoms with Crippen LogP contribution in [0.1, 0.15) is 45.4 Å². The van der Waals surface area contributed by atoms with Crippen LogP contribution >= 0.6 is 0 Å². The van der Waals surface area contributed by atoms with Crippen molar-refractivity contribution in [1.82, 2.24) is 14.7 Å². The smallest absolute Gasteiger partial charge is 0.239 e. The summed E-state index contributed by atoms with van der Waals surface area (Å²) in [5.74, 6) is 1.08. The third-order valence-corrected chi connectivity index (χ3v) is 5.35. The molecule has 1 saturated heterocycles. The molecule has 2 amide bonds. The fraction of sp³-hybridized carbons (Fsp3) is 0.882. The van der Waals surface area contributed by atoms with Gasteiger partial charge in [0.2, 0.25) is 11.8 Å². The van der Waals surface area contributed by atoms with Crippen LogP contribution in [0.5, 0.6) is 0 Å². The maximum Gasteiger partial charge on any atom is 0.239 e. The van der Waals surface area contributed by atoms with Crippen LogP contribution in [0, 0.1) is 5.92 Å². The van der Waals surface area contributed by atoms with Gasteiger partial charge in [0.05, 0.1) is 12.6 Å². The van der Waals surface area contributed by atoms with Crippen molar-refractivity contribution in [3.8, 4) is 0 Å². The second-order valence-electron chi connectivity index (χ2n) is 7.28. The zero-order valence-electron chi connectivity index (χ0n) is 14.5. The van der Waals surface area contributed by atoms with E-state index >= 15 is 0 Å². The number of nitrogens with zero attached hydrogens (tertiary/aromatic N) is 3. The Bertz CT molecular complexity index is 403. The molecule has 0 aromatic carbocycles. The Morgan fingerprint density at radius 1 is 1.05 bits per heavy atom. The van der Waals surface area contributed by atoms with Crippen LogP contribution in [0.15, 0.2) is 0 Å². The summed E-state index contributed by atoms with van der Waals surface area (Å²) < 4.78 is 0. The van der Waals surface area contributed by atoms with E-state index in [1.165, 1.54) is 12.8 Å². The van der Waals surface area contributed by atoms with Gasteiger partial charge in [-0.25, -0.2) is 0 Å². The minimum atomic E-state index is -0.112. The van der Waals surface area contributed by atoms with Crippen molar-refractivity contribution in [3.05, 3.63) is 0 Å². The average Bonchev–Trinajstić information content (AvgIpc) is 2.94. The molecule has 1 aliphatic heterocycles. The molecule has 0 spiro atoms. The van der Waals surface area contributed by atoms with E-state index in [0.29, 0.717) is 12.6 Å². The molecule has 5 nitrogen and oxygen atoms in total. The lowest BCUT2D eigenvalue weighted by atomic mass is 9.87. The van der Waals surface area contributed by atoms with Gasteiger partial charge in [-0.1, -0.05) is 6.92 Å². The van der Waals surface area contributed by atoms with E-state index in [-0.39, 0.29) is 17.9 Å². The first-order valence-electron chi connectivity index (χ1n) is 8.61. The van der Waals surface area contributed by atoms with E-state index < -0.39 is 0 Å². The molecule has 0 N–H and O–H groups in total. The van der Waals surface area contributed by atoms with Gasteiger partial charge in [0.15, 0.2) is 0 Å². The predicted molar refractivity (Wildman–Crippen MR) is 87.5 cm³/mol. The van der Waals surface area contributed by atoms with Crippen LogP contribution in [0.25, 0.3) is 0 Å². The Kier molecular flexibility index (Phi) is 5.84. The number of likely N-dealkylation sites (N-methyl/N-ethyl adjacent to an activating group) is 2. The molecule has 2 aliphatic rings. The van der Waals surface area contributed by atoms with Gasteiger partial charge in [0.25, 0.3) is 0 Å². The lowest BCUT2D eigenvalue weighted by Gasteiger charge is -2.35. The second kappa shape index (κ2) is 7.44. The van der Waals surface area contributed by atoms with Crippen molar-refractivity contribution in [2.75, 3.05) is 34.2 Å². The lowest BCUT2D eigenvalue weighted by Crippen LogP contribution is -2.49. The molecule has 1 atom stereocenters. The van der Waals surface area contributed by atoms with E-state index in [9.17, 15) is 9.59 Å². The van der Waals surface area contributed by atoms with Crippen molar-refractivity contribution in [2.24, 2.45) is 5.92 Å². The van der Waals surface area contributed by atoms with E-state index in [0.717, 1.165) is 38.1 Å². The maximum atomic E-state index is 12.6. The summed E-state index contributed by atoms with van der Waals surface area (Å²) in [5, 5.41) is 0. The highest BCUT2D eigenvalue weighted by atomic mass is 16.2. The minimum absolute atomic E-state index is 0.112. The highest BCUT2D eigenvalue weighted by Gasteiger charge is 2.34. The topological polar surface area (TPSA) is 43.9 Å². The highest BCUT2D eigenvalue weighted by molar-refractivity contribution is 5.83. The first-order chi connectivity index (χ1) is 10.4. The summed E-state index contributed by atoms with van der Waals surface area (Å²) >= 11 is 0. The van der Waals surface area contributed by atoms with Gasteiger partial charge < -0.3 is 9.80 Å². The summed E-state index contributed by atoms with van der Waals surface area (Å²) in [6.45, 7) is 3.53. The van der Waals surface area contributed by atoms with Crippen molar-refractivity contribution in [1.29, 1.82) is 0 Å². The molecule has 5 heteroatoms. The van der Waals surface area contributed by atoms with Crippen molar-refractivity contribution in [2.45, 2.75) is 57.5 Å². The summed E-state index contributed by atoms with van der Waals surface area (Å²) in [4.78, 5) is 30.4. The highest BCUT2D eigenvalue weighted by Crippen LogP contribution is 2.27. The van der Waals surface area contributed by atoms with Crippen LogP contribution in [-0.4, -0.2) is 72.8 Å². The molecule has 126 valence electrons. The monoisotopic (exact) mass is 309 g/mol. The molecule has 1 heterocycles. The molecule has 0 bridgehead atoms. The minimum Gasteiger partial charge on any atom is -0.347 e. The predicted octanol–water partition coefficient (Wildman–Crippen LogP) is 1.58. The van der Waals surface area contributed by atoms with Gasteiger partial charge in [-0.15, -0.1) is 0 Å². The molecule has 0 radical (unpaired) electrons. The van der Waals surface area contributed by atoms with Gasteiger partial charge in [0.1, 0.15) is 0 Å². The average molecular weight is 309 g/mol. The number of likely N-dealkylation sites (tertiary alicyclic amines) is 1. The van der Waals surface area contributed by atoms with E-state index in [4.69, 9.17) is 0 Å². The summed E-state index contributed by atoms with van der Waals surface area (Å²) in [6.07, 6.45) is 6.53. The SMILES string of the molecule is CC1CCC(N(C)C(=O)CN2CCCC2C(=O)N(C)C)CC1. The van der Waals surface area contributed by atoms with Crippen molar-refractivity contribution >= 4 is 11.8 Å². The largest absolute Gasteiger partial charge is 0.347 e. The van der Waals surface area contributed by atoms with Crippen LogP contribution < -0.4 is 0 Å². The van der Waals surface area contributed by atoms with Gasteiger partial charge in [-0.3, -0.25) is 14.5 Å². The van der Waals surface area contributed by atoms with Gasteiger partial charge >= 0.3 is 0 Å².